The summed E-state index contributed by atoms with van der Waals surface area (Å²) in [5.41, 5.74) is -0.613. The van der Waals surface area contributed by atoms with E-state index in [1.165, 1.54) is 24.1 Å². The number of aliphatic hydroxyl groups is 1. The van der Waals surface area contributed by atoms with Crippen LogP contribution in [0.5, 0.6) is 0 Å². The van der Waals surface area contributed by atoms with E-state index in [9.17, 15) is 20.0 Å². The third-order valence-electron chi connectivity index (χ3n) is 2.27. The predicted octanol–water partition coefficient (Wildman–Crippen LogP) is 2.56. The van der Waals surface area contributed by atoms with Gasteiger partial charge in [0.15, 0.2) is 0 Å². The van der Waals surface area contributed by atoms with Gasteiger partial charge in [0.1, 0.15) is 11.7 Å². The third-order valence-corrected chi connectivity index (χ3v) is 3.41. The fourth-order valence-electron chi connectivity index (χ4n) is 1.38. The molecular formula is C12H18N2O5S. The number of hydrogen-bond donors (Lipinski definition) is 1. The van der Waals surface area contributed by atoms with Crippen LogP contribution < -0.4 is 0 Å². The van der Waals surface area contributed by atoms with E-state index in [1.54, 1.807) is 20.8 Å². The number of likely N-dealkylation sites (N-methyl/N-ethyl adjacent to an activating group) is 1. The molecule has 1 aromatic rings. The number of carbonyl (C=O) groups is 1. The summed E-state index contributed by atoms with van der Waals surface area (Å²) in [5, 5.41) is 20.5. The highest BCUT2D eigenvalue weighted by Gasteiger charge is 2.23. The van der Waals surface area contributed by atoms with E-state index >= 15 is 0 Å². The molecule has 1 aromatic heterocycles. The van der Waals surface area contributed by atoms with E-state index in [1.807, 2.05) is 0 Å². The van der Waals surface area contributed by atoms with Crippen molar-refractivity contribution in [3.63, 3.8) is 0 Å². The summed E-state index contributed by atoms with van der Waals surface area (Å²) in [6.45, 7) is 5.25. The zero-order chi connectivity index (χ0) is 15.5. The topological polar surface area (TPSA) is 92.9 Å². The highest BCUT2D eigenvalue weighted by Crippen LogP contribution is 2.29. The first kappa shape index (κ1) is 16.4. The number of amides is 1. The largest absolute Gasteiger partial charge is 0.444 e. The summed E-state index contributed by atoms with van der Waals surface area (Å²) in [6, 6.07) is 2.81. The summed E-state index contributed by atoms with van der Waals surface area (Å²) in [7, 11) is 1.50. The van der Waals surface area contributed by atoms with Crippen LogP contribution in [0, 0.1) is 10.1 Å². The van der Waals surface area contributed by atoms with Crippen molar-refractivity contribution in [3.8, 4) is 0 Å². The molecule has 112 valence electrons. The van der Waals surface area contributed by atoms with Gasteiger partial charge in [-0.25, -0.2) is 4.79 Å². The van der Waals surface area contributed by atoms with Crippen molar-refractivity contribution >= 4 is 22.4 Å². The first-order chi connectivity index (χ1) is 9.10. The average molecular weight is 302 g/mol. The highest BCUT2D eigenvalue weighted by atomic mass is 32.1. The van der Waals surface area contributed by atoms with Gasteiger partial charge in [-0.2, -0.15) is 0 Å². The number of thiophene rings is 1. The van der Waals surface area contributed by atoms with Gasteiger partial charge in [0.05, 0.1) is 11.5 Å². The normalized spacial score (nSPS) is 12.8. The number of aliphatic hydroxyl groups excluding tert-OH is 1. The van der Waals surface area contributed by atoms with E-state index in [-0.39, 0.29) is 11.5 Å². The van der Waals surface area contributed by atoms with Crippen molar-refractivity contribution in [3.05, 3.63) is 27.1 Å². The van der Waals surface area contributed by atoms with Crippen LogP contribution in [0.25, 0.3) is 0 Å². The lowest BCUT2D eigenvalue weighted by Gasteiger charge is -2.25. The van der Waals surface area contributed by atoms with E-state index in [2.05, 4.69) is 0 Å². The highest BCUT2D eigenvalue weighted by molar-refractivity contribution is 7.15. The SMILES string of the molecule is CN(CC(O)c1ccc([N+](=O)[O-])s1)C(=O)OC(C)(C)C. The molecule has 1 atom stereocenters. The molecule has 0 fully saturated rings. The number of hydrogen-bond acceptors (Lipinski definition) is 6. The Hall–Kier alpha value is -1.67. The molecule has 1 N–H and O–H groups in total. The minimum Gasteiger partial charge on any atom is -0.444 e. The van der Waals surface area contributed by atoms with Crippen LogP contribution in [0.2, 0.25) is 0 Å². The number of nitro groups is 1. The monoisotopic (exact) mass is 302 g/mol. The van der Waals surface area contributed by atoms with Crippen LogP contribution in [-0.2, 0) is 4.74 Å². The molecule has 8 heteroatoms. The molecule has 0 aliphatic heterocycles. The molecule has 0 saturated carbocycles. The summed E-state index contributed by atoms with van der Waals surface area (Å²) in [4.78, 5) is 23.5. The molecule has 0 aliphatic carbocycles. The molecule has 0 bridgehead atoms. The maximum Gasteiger partial charge on any atom is 0.410 e. The lowest BCUT2D eigenvalue weighted by molar-refractivity contribution is -0.380. The van der Waals surface area contributed by atoms with Gasteiger partial charge >= 0.3 is 11.1 Å². The van der Waals surface area contributed by atoms with Crippen LogP contribution in [0.4, 0.5) is 9.80 Å². The molecule has 1 unspecified atom stereocenters. The van der Waals surface area contributed by atoms with Crippen molar-refractivity contribution < 1.29 is 19.6 Å². The number of carbonyl (C=O) groups excluding carboxylic acids is 1. The standard InChI is InChI=1S/C12H18N2O5S/c1-12(2,3)19-11(16)13(4)7-8(15)9-5-6-10(20-9)14(17)18/h5-6,8,15H,7H2,1-4H3. The molecule has 1 rings (SSSR count). The van der Waals surface area contributed by atoms with E-state index in [4.69, 9.17) is 4.74 Å². The first-order valence-corrected chi connectivity index (χ1v) is 6.78. The lowest BCUT2D eigenvalue weighted by Crippen LogP contribution is -2.36. The van der Waals surface area contributed by atoms with Gasteiger partial charge in [0.25, 0.3) is 0 Å². The molecule has 0 aliphatic rings. The molecular weight excluding hydrogens is 284 g/mol. The van der Waals surface area contributed by atoms with Gasteiger partial charge in [-0.1, -0.05) is 11.3 Å². The smallest absolute Gasteiger partial charge is 0.410 e. The van der Waals surface area contributed by atoms with E-state index in [0.29, 0.717) is 4.88 Å². The lowest BCUT2D eigenvalue weighted by atomic mass is 10.2. The summed E-state index contributed by atoms with van der Waals surface area (Å²) in [5.74, 6) is 0. The quantitative estimate of drug-likeness (QED) is 0.681. The molecule has 0 saturated heterocycles. The fourth-order valence-corrected chi connectivity index (χ4v) is 2.18. The summed E-state index contributed by atoms with van der Waals surface area (Å²) < 4.78 is 5.15. The molecule has 0 aromatic carbocycles. The van der Waals surface area contributed by atoms with Crippen LogP contribution in [0.1, 0.15) is 31.8 Å². The van der Waals surface area contributed by atoms with Gasteiger partial charge in [-0.05, 0) is 26.8 Å². The molecule has 7 nitrogen and oxygen atoms in total. The Bertz CT molecular complexity index is 494. The second kappa shape index (κ2) is 6.19. The fraction of sp³-hybridized carbons (Fsp3) is 0.583. The zero-order valence-corrected chi connectivity index (χ0v) is 12.6. The summed E-state index contributed by atoms with van der Waals surface area (Å²) >= 11 is 0.888. The predicted molar refractivity (Wildman–Crippen MR) is 74.8 cm³/mol. The Morgan fingerprint density at radius 3 is 2.60 bits per heavy atom. The Balaban J connectivity index is 2.62. The van der Waals surface area contributed by atoms with E-state index in [0.717, 1.165) is 11.3 Å². The van der Waals surface area contributed by atoms with Crippen LogP contribution in [0.3, 0.4) is 0 Å². The number of rotatable bonds is 4. The maximum absolute atomic E-state index is 11.7. The molecule has 1 amide bonds. The van der Waals surface area contributed by atoms with Crippen molar-refractivity contribution in [2.24, 2.45) is 0 Å². The Morgan fingerprint density at radius 2 is 2.15 bits per heavy atom. The van der Waals surface area contributed by atoms with Gasteiger partial charge in [0, 0.05) is 18.0 Å². The van der Waals surface area contributed by atoms with Crippen molar-refractivity contribution in [2.45, 2.75) is 32.5 Å². The Kier molecular flexibility index (Phi) is 5.07. The van der Waals surface area contributed by atoms with Crippen molar-refractivity contribution in [2.75, 3.05) is 13.6 Å². The molecule has 0 spiro atoms. The van der Waals surface area contributed by atoms with E-state index < -0.39 is 22.7 Å². The van der Waals surface area contributed by atoms with Crippen LogP contribution >= 0.6 is 11.3 Å². The molecule has 1 heterocycles. The minimum atomic E-state index is -0.980. The van der Waals surface area contributed by atoms with Crippen LogP contribution in [-0.4, -0.2) is 40.2 Å². The van der Waals surface area contributed by atoms with Crippen molar-refractivity contribution in [1.29, 1.82) is 0 Å². The maximum atomic E-state index is 11.7. The van der Waals surface area contributed by atoms with Gasteiger partial charge in [0.2, 0.25) is 0 Å². The first-order valence-electron chi connectivity index (χ1n) is 5.96. The van der Waals surface area contributed by atoms with Crippen LogP contribution in [0.15, 0.2) is 12.1 Å². The van der Waals surface area contributed by atoms with Gasteiger partial charge in [-0.3, -0.25) is 10.1 Å². The number of nitrogens with zero attached hydrogens (tertiary/aromatic N) is 2. The molecule has 0 radical (unpaired) electrons. The second-order valence-electron chi connectivity index (χ2n) is 5.31. The third kappa shape index (κ3) is 4.78. The minimum absolute atomic E-state index is 0.00653. The number of ether oxygens (including phenoxy) is 1. The van der Waals surface area contributed by atoms with Gasteiger partial charge < -0.3 is 14.7 Å². The molecule has 20 heavy (non-hydrogen) atoms. The zero-order valence-electron chi connectivity index (χ0n) is 11.8. The average Bonchev–Trinajstić information content (AvgIpc) is 2.75. The second-order valence-corrected chi connectivity index (χ2v) is 6.40. The van der Waals surface area contributed by atoms with Gasteiger partial charge in [-0.15, -0.1) is 0 Å². The Morgan fingerprint density at radius 1 is 1.55 bits per heavy atom. The van der Waals surface area contributed by atoms with Crippen molar-refractivity contribution in [1.82, 2.24) is 4.90 Å². The Labute approximate surface area is 120 Å². The summed E-state index contributed by atoms with van der Waals surface area (Å²) in [6.07, 6.45) is -1.53.